The Morgan fingerprint density at radius 1 is 1.14 bits per heavy atom. The van der Waals surface area contributed by atoms with Gasteiger partial charge in [0.05, 0.1) is 0 Å². The molecular weight excluding hydrogens is 170 g/mol. The maximum Gasteiger partial charge on any atom is 0.0210 e. The van der Waals surface area contributed by atoms with Crippen LogP contribution in [-0.4, -0.2) is 5.54 Å². The molecule has 76 valence electrons. The molecule has 14 heavy (non-hydrogen) atoms. The van der Waals surface area contributed by atoms with E-state index in [-0.39, 0.29) is 0 Å². The van der Waals surface area contributed by atoms with Crippen molar-refractivity contribution in [1.29, 1.82) is 0 Å². The number of nitrogens with one attached hydrogen (secondary N) is 1. The maximum absolute atomic E-state index is 3.67. The van der Waals surface area contributed by atoms with E-state index in [2.05, 4.69) is 42.6 Å². The molecule has 1 N–H and O–H groups in total. The summed E-state index contributed by atoms with van der Waals surface area (Å²) < 4.78 is 0. The van der Waals surface area contributed by atoms with Crippen molar-refractivity contribution < 1.29 is 0 Å². The molecule has 1 heteroatoms. The number of hydrogen-bond acceptors (Lipinski definition) is 1. The molecule has 1 aliphatic rings. The number of hydrogen-bond donors (Lipinski definition) is 1. The Kier molecular flexibility index (Phi) is 2.87. The molecule has 1 aliphatic carbocycles. The molecule has 1 saturated carbocycles. The highest BCUT2D eigenvalue weighted by atomic mass is 15.0. The molecule has 0 aliphatic heterocycles. The number of benzene rings is 1. The van der Waals surface area contributed by atoms with E-state index in [4.69, 9.17) is 0 Å². The molecule has 1 aromatic rings. The zero-order valence-corrected chi connectivity index (χ0v) is 8.92. The second-order valence-electron chi connectivity index (χ2n) is 4.61. The third kappa shape index (κ3) is 2.36. The van der Waals surface area contributed by atoms with Gasteiger partial charge >= 0.3 is 0 Å². The molecule has 0 spiro atoms. The lowest BCUT2D eigenvalue weighted by molar-refractivity contribution is 0.363. The largest absolute Gasteiger partial charge is 0.307 e. The fraction of sp³-hybridized carbons (Fsp3) is 0.538. The predicted octanol–water partition coefficient (Wildman–Crippen LogP) is 3.11. The quantitative estimate of drug-likeness (QED) is 0.770. The van der Waals surface area contributed by atoms with Gasteiger partial charge in [-0.05, 0) is 25.3 Å². The molecule has 0 bridgehead atoms. The first-order valence-corrected chi connectivity index (χ1v) is 5.57. The molecule has 0 saturated heterocycles. The summed E-state index contributed by atoms with van der Waals surface area (Å²) in [5, 5.41) is 3.67. The van der Waals surface area contributed by atoms with Crippen LogP contribution in [0, 0.1) is 0 Å². The van der Waals surface area contributed by atoms with Crippen LogP contribution in [0.15, 0.2) is 30.3 Å². The van der Waals surface area contributed by atoms with Crippen LogP contribution in [0.3, 0.4) is 0 Å². The van der Waals surface area contributed by atoms with Crippen molar-refractivity contribution in [3.63, 3.8) is 0 Å². The summed E-state index contributed by atoms with van der Waals surface area (Å²) in [5.74, 6) is 0. The third-order valence-corrected chi connectivity index (χ3v) is 3.27. The van der Waals surface area contributed by atoms with Crippen LogP contribution in [0.5, 0.6) is 0 Å². The SMILES string of the molecule is CC1(NCc2ccccc2)CCCC1. The van der Waals surface area contributed by atoms with Crippen molar-refractivity contribution in [3.8, 4) is 0 Å². The molecule has 2 rings (SSSR count). The molecule has 0 heterocycles. The lowest BCUT2D eigenvalue weighted by Crippen LogP contribution is -2.38. The molecule has 1 fully saturated rings. The molecule has 0 amide bonds. The number of rotatable bonds is 3. The van der Waals surface area contributed by atoms with E-state index >= 15 is 0 Å². The van der Waals surface area contributed by atoms with Crippen molar-refractivity contribution in [1.82, 2.24) is 5.32 Å². The van der Waals surface area contributed by atoms with Gasteiger partial charge in [-0.3, -0.25) is 0 Å². The van der Waals surface area contributed by atoms with E-state index in [9.17, 15) is 0 Å². The van der Waals surface area contributed by atoms with Crippen LogP contribution in [0.4, 0.5) is 0 Å². The Bertz CT molecular complexity index is 273. The lowest BCUT2D eigenvalue weighted by atomic mass is 10.0. The summed E-state index contributed by atoms with van der Waals surface area (Å²) in [4.78, 5) is 0. The van der Waals surface area contributed by atoms with Crippen LogP contribution in [0.25, 0.3) is 0 Å². The monoisotopic (exact) mass is 189 g/mol. The summed E-state index contributed by atoms with van der Waals surface area (Å²) in [7, 11) is 0. The first-order valence-electron chi connectivity index (χ1n) is 5.57. The van der Waals surface area contributed by atoms with Crippen molar-refractivity contribution in [3.05, 3.63) is 35.9 Å². The summed E-state index contributed by atoms with van der Waals surface area (Å²) >= 11 is 0. The summed E-state index contributed by atoms with van der Waals surface area (Å²) in [6.45, 7) is 3.36. The van der Waals surface area contributed by atoms with E-state index in [1.54, 1.807) is 0 Å². The van der Waals surface area contributed by atoms with E-state index in [1.807, 2.05) is 0 Å². The Labute approximate surface area is 86.5 Å². The van der Waals surface area contributed by atoms with Crippen molar-refractivity contribution >= 4 is 0 Å². The maximum atomic E-state index is 3.67. The second-order valence-corrected chi connectivity index (χ2v) is 4.61. The first kappa shape index (κ1) is 9.72. The van der Waals surface area contributed by atoms with Crippen LogP contribution >= 0.6 is 0 Å². The summed E-state index contributed by atoms with van der Waals surface area (Å²) in [6, 6.07) is 10.7. The lowest BCUT2D eigenvalue weighted by Gasteiger charge is -2.25. The van der Waals surface area contributed by atoms with Gasteiger partial charge < -0.3 is 5.32 Å². The van der Waals surface area contributed by atoms with Crippen molar-refractivity contribution in [2.45, 2.75) is 44.7 Å². The van der Waals surface area contributed by atoms with Crippen LogP contribution < -0.4 is 5.32 Å². The fourth-order valence-electron chi connectivity index (χ4n) is 2.24. The highest BCUT2D eigenvalue weighted by Gasteiger charge is 2.27. The second kappa shape index (κ2) is 4.14. The molecule has 1 aromatic carbocycles. The standard InChI is InChI=1S/C13H19N/c1-13(9-5-6-10-13)14-11-12-7-3-2-4-8-12/h2-4,7-8,14H,5-6,9-11H2,1H3. The fourth-order valence-corrected chi connectivity index (χ4v) is 2.24. The minimum Gasteiger partial charge on any atom is -0.307 e. The first-order chi connectivity index (χ1) is 6.79. The molecule has 1 nitrogen and oxygen atoms in total. The van der Waals surface area contributed by atoms with Crippen LogP contribution in [0.1, 0.15) is 38.2 Å². The minimum absolute atomic E-state index is 0.399. The van der Waals surface area contributed by atoms with E-state index in [0.29, 0.717) is 5.54 Å². The Balaban J connectivity index is 1.88. The zero-order chi connectivity index (χ0) is 9.86. The molecule has 0 unspecified atom stereocenters. The molecule has 0 atom stereocenters. The normalized spacial score (nSPS) is 19.8. The van der Waals surface area contributed by atoms with Crippen molar-refractivity contribution in [2.24, 2.45) is 0 Å². The highest BCUT2D eigenvalue weighted by molar-refractivity contribution is 5.14. The smallest absolute Gasteiger partial charge is 0.0210 e. The highest BCUT2D eigenvalue weighted by Crippen LogP contribution is 2.29. The Morgan fingerprint density at radius 2 is 1.79 bits per heavy atom. The molecule has 0 radical (unpaired) electrons. The van der Waals surface area contributed by atoms with E-state index in [0.717, 1.165) is 6.54 Å². The van der Waals surface area contributed by atoms with E-state index < -0.39 is 0 Å². The molecule has 0 aromatic heterocycles. The van der Waals surface area contributed by atoms with Gasteiger partial charge in [-0.1, -0.05) is 43.2 Å². The van der Waals surface area contributed by atoms with Gasteiger partial charge in [-0.15, -0.1) is 0 Å². The zero-order valence-electron chi connectivity index (χ0n) is 8.92. The van der Waals surface area contributed by atoms with Crippen molar-refractivity contribution in [2.75, 3.05) is 0 Å². The van der Waals surface area contributed by atoms with Gasteiger partial charge in [-0.2, -0.15) is 0 Å². The summed E-state index contributed by atoms with van der Waals surface area (Å²) in [5.41, 5.74) is 1.79. The van der Waals surface area contributed by atoms with Crippen LogP contribution in [-0.2, 0) is 6.54 Å². The minimum atomic E-state index is 0.399. The Morgan fingerprint density at radius 3 is 2.43 bits per heavy atom. The predicted molar refractivity (Wildman–Crippen MR) is 60.2 cm³/mol. The van der Waals surface area contributed by atoms with Gasteiger partial charge in [-0.25, -0.2) is 0 Å². The third-order valence-electron chi connectivity index (χ3n) is 3.27. The van der Waals surface area contributed by atoms with E-state index in [1.165, 1.54) is 31.2 Å². The van der Waals surface area contributed by atoms with Gasteiger partial charge in [0.25, 0.3) is 0 Å². The average Bonchev–Trinajstić information content (AvgIpc) is 2.65. The van der Waals surface area contributed by atoms with Gasteiger partial charge in [0, 0.05) is 12.1 Å². The average molecular weight is 189 g/mol. The van der Waals surface area contributed by atoms with Crippen LogP contribution in [0.2, 0.25) is 0 Å². The van der Waals surface area contributed by atoms with Gasteiger partial charge in [0.1, 0.15) is 0 Å². The Hall–Kier alpha value is -0.820. The summed E-state index contributed by atoms with van der Waals surface area (Å²) in [6.07, 6.45) is 5.44. The molecular formula is C13H19N. The van der Waals surface area contributed by atoms with Gasteiger partial charge in [0.2, 0.25) is 0 Å². The topological polar surface area (TPSA) is 12.0 Å². The van der Waals surface area contributed by atoms with Gasteiger partial charge in [0.15, 0.2) is 0 Å².